The molecule has 37 heavy (non-hydrogen) atoms. The van der Waals surface area contributed by atoms with Crippen LogP contribution in [0.4, 0.5) is 5.69 Å². The van der Waals surface area contributed by atoms with E-state index in [1.165, 1.54) is 22.7 Å². The van der Waals surface area contributed by atoms with Crippen molar-refractivity contribution < 1.29 is 22.7 Å². The van der Waals surface area contributed by atoms with Gasteiger partial charge in [0.1, 0.15) is 17.1 Å². The lowest BCUT2D eigenvalue weighted by Crippen LogP contribution is -2.50. The van der Waals surface area contributed by atoms with Gasteiger partial charge in [-0.1, -0.05) is 19.8 Å². The number of sulfonamides is 1. The van der Waals surface area contributed by atoms with Crippen molar-refractivity contribution in [2.75, 3.05) is 18.4 Å². The van der Waals surface area contributed by atoms with Crippen LogP contribution in [-0.4, -0.2) is 55.1 Å². The maximum absolute atomic E-state index is 13.1. The number of aliphatic imine (C=N–C) groups is 1. The van der Waals surface area contributed by atoms with Gasteiger partial charge in [0, 0.05) is 48.7 Å². The lowest BCUT2D eigenvalue weighted by atomic mass is 9.82. The first-order chi connectivity index (χ1) is 17.5. The van der Waals surface area contributed by atoms with Gasteiger partial charge in [0.05, 0.1) is 6.10 Å². The molecule has 4 rings (SSSR count). The summed E-state index contributed by atoms with van der Waals surface area (Å²) in [5.74, 6) is 1.99. The van der Waals surface area contributed by atoms with E-state index in [1.807, 2.05) is 13.8 Å². The molecule has 1 aromatic carbocycles. The fraction of sp³-hybridized carbons (Fsp3) is 0.593. The highest BCUT2D eigenvalue weighted by molar-refractivity contribution is 7.92. The van der Waals surface area contributed by atoms with Gasteiger partial charge in [0.15, 0.2) is 0 Å². The van der Waals surface area contributed by atoms with E-state index in [4.69, 9.17) is 9.73 Å². The summed E-state index contributed by atoms with van der Waals surface area (Å²) < 4.78 is 33.5. The minimum Gasteiger partial charge on any atom is -0.490 e. The quantitative estimate of drug-likeness (QED) is 0.554. The summed E-state index contributed by atoms with van der Waals surface area (Å²) in [4.78, 5) is 29.2. The molecule has 10 heteroatoms. The van der Waals surface area contributed by atoms with Crippen molar-refractivity contribution in [3.05, 3.63) is 29.2 Å². The van der Waals surface area contributed by atoms with Crippen molar-refractivity contribution in [1.82, 2.24) is 9.62 Å². The van der Waals surface area contributed by atoms with E-state index in [0.717, 1.165) is 31.5 Å². The smallest absolute Gasteiger partial charge is 0.253 e. The van der Waals surface area contributed by atoms with Gasteiger partial charge in [-0.15, -0.1) is 0 Å². The molecular weight excluding hydrogens is 492 g/mol. The van der Waals surface area contributed by atoms with E-state index in [2.05, 4.69) is 17.6 Å². The summed E-state index contributed by atoms with van der Waals surface area (Å²) in [6.07, 6.45) is 6.48. The number of amides is 2. The molecule has 0 unspecified atom stereocenters. The van der Waals surface area contributed by atoms with Crippen LogP contribution in [0.25, 0.3) is 6.08 Å². The molecule has 2 fully saturated rings. The largest absolute Gasteiger partial charge is 0.490 e. The summed E-state index contributed by atoms with van der Waals surface area (Å²) in [5, 5.41) is 6.92. The zero-order valence-corrected chi connectivity index (χ0v) is 22.9. The number of hydrogen-bond donors (Lipinski definition) is 2. The maximum atomic E-state index is 13.1. The Hall–Kier alpha value is -2.72. The third-order valence-corrected chi connectivity index (χ3v) is 8.99. The molecule has 1 aromatic rings. The monoisotopic (exact) mass is 530 g/mol. The fourth-order valence-corrected chi connectivity index (χ4v) is 6.45. The van der Waals surface area contributed by atoms with Gasteiger partial charge in [-0.2, -0.15) is 4.31 Å². The average molecular weight is 531 g/mol. The Balaban J connectivity index is 1.44. The van der Waals surface area contributed by atoms with Gasteiger partial charge < -0.3 is 15.4 Å². The average Bonchev–Trinajstić information content (AvgIpc) is 3.14. The van der Waals surface area contributed by atoms with E-state index >= 15 is 0 Å². The molecule has 2 amide bonds. The van der Waals surface area contributed by atoms with Crippen LogP contribution in [0.1, 0.15) is 71.8 Å². The van der Waals surface area contributed by atoms with Crippen molar-refractivity contribution in [3.8, 4) is 5.75 Å². The number of benzene rings is 1. The van der Waals surface area contributed by atoms with Gasteiger partial charge in [-0.25, -0.2) is 8.42 Å². The predicted molar refractivity (Wildman–Crippen MR) is 145 cm³/mol. The molecular formula is C27H38N4O5S. The SMILES string of the molecule is CC(=O)Nc1ccc(/C=C/S(=O)(=O)N2CCC3(CC2)N=C(C2CCC(C)CC2)NC3=O)c(OC(C)C)c1. The number of amidine groups is 1. The molecule has 2 aliphatic heterocycles. The molecule has 3 aliphatic rings. The number of carbonyl (C=O) groups excluding carboxylic acids is 2. The number of rotatable bonds is 7. The van der Waals surface area contributed by atoms with Gasteiger partial charge in [-0.05, 0) is 63.7 Å². The van der Waals surface area contributed by atoms with Crippen LogP contribution in [0.3, 0.4) is 0 Å². The Morgan fingerprint density at radius 3 is 2.51 bits per heavy atom. The number of nitrogens with zero attached hydrogens (tertiary/aromatic N) is 2. The lowest BCUT2D eigenvalue weighted by Gasteiger charge is -2.34. The Labute approximate surface area is 219 Å². The van der Waals surface area contributed by atoms with Crippen molar-refractivity contribution in [2.24, 2.45) is 16.8 Å². The minimum atomic E-state index is -3.71. The van der Waals surface area contributed by atoms with Crippen molar-refractivity contribution in [2.45, 2.75) is 77.9 Å². The molecule has 9 nitrogen and oxygen atoms in total. The van der Waals surface area contributed by atoms with Crippen molar-refractivity contribution in [3.63, 3.8) is 0 Å². The number of nitrogens with one attached hydrogen (secondary N) is 2. The number of ether oxygens (including phenoxy) is 1. The molecule has 2 heterocycles. The van der Waals surface area contributed by atoms with Gasteiger partial charge >= 0.3 is 0 Å². The van der Waals surface area contributed by atoms with Crippen LogP contribution < -0.4 is 15.4 Å². The molecule has 0 radical (unpaired) electrons. The standard InChI is InChI=1S/C27H38N4O5S/c1-18(2)36-24-17-23(28-20(4)32)10-9-21(24)11-16-37(34,35)31-14-12-27(13-15-31)26(33)29-25(30-27)22-7-5-19(3)6-8-22/h9-11,16-19,22H,5-8,12-15H2,1-4H3,(H,28,32)(H,29,30,33)/b16-11+. The lowest BCUT2D eigenvalue weighted by molar-refractivity contribution is -0.125. The first kappa shape index (κ1) is 27.3. The summed E-state index contributed by atoms with van der Waals surface area (Å²) >= 11 is 0. The van der Waals surface area contributed by atoms with E-state index < -0.39 is 15.6 Å². The number of anilines is 1. The van der Waals surface area contributed by atoms with E-state index in [0.29, 0.717) is 41.7 Å². The number of piperidine rings is 1. The molecule has 0 bridgehead atoms. The molecule has 1 spiro atoms. The van der Waals surface area contributed by atoms with E-state index in [-0.39, 0.29) is 31.0 Å². The minimum absolute atomic E-state index is 0.0940. The maximum Gasteiger partial charge on any atom is 0.253 e. The first-order valence-corrected chi connectivity index (χ1v) is 14.7. The molecule has 0 aromatic heterocycles. The Kier molecular flexibility index (Phi) is 8.08. The van der Waals surface area contributed by atoms with E-state index in [9.17, 15) is 18.0 Å². The Morgan fingerprint density at radius 1 is 1.22 bits per heavy atom. The second-order valence-electron chi connectivity index (χ2n) is 10.8. The topological polar surface area (TPSA) is 117 Å². The zero-order chi connectivity index (χ0) is 26.8. The van der Waals surface area contributed by atoms with Crippen LogP contribution in [0, 0.1) is 11.8 Å². The highest BCUT2D eigenvalue weighted by Gasteiger charge is 2.48. The third-order valence-electron chi connectivity index (χ3n) is 7.43. The van der Waals surface area contributed by atoms with Crippen LogP contribution in [-0.2, 0) is 19.6 Å². The Bertz CT molecular complexity index is 1190. The zero-order valence-electron chi connectivity index (χ0n) is 22.1. The summed E-state index contributed by atoms with van der Waals surface area (Å²) in [5.41, 5.74) is 0.305. The highest BCUT2D eigenvalue weighted by Crippen LogP contribution is 2.36. The molecule has 2 N–H and O–H groups in total. The molecule has 1 saturated carbocycles. The second-order valence-corrected chi connectivity index (χ2v) is 12.6. The molecule has 1 aliphatic carbocycles. The summed E-state index contributed by atoms with van der Waals surface area (Å²) in [7, 11) is -3.71. The van der Waals surface area contributed by atoms with Crippen LogP contribution >= 0.6 is 0 Å². The van der Waals surface area contributed by atoms with E-state index in [1.54, 1.807) is 18.2 Å². The Morgan fingerprint density at radius 2 is 1.89 bits per heavy atom. The summed E-state index contributed by atoms with van der Waals surface area (Å²) in [6.45, 7) is 7.90. The number of hydrogen-bond acceptors (Lipinski definition) is 6. The first-order valence-electron chi connectivity index (χ1n) is 13.2. The highest BCUT2D eigenvalue weighted by atomic mass is 32.2. The molecule has 202 valence electrons. The van der Waals surface area contributed by atoms with Gasteiger partial charge in [0.2, 0.25) is 15.9 Å². The van der Waals surface area contributed by atoms with Crippen LogP contribution in [0.2, 0.25) is 0 Å². The second kappa shape index (κ2) is 10.9. The summed E-state index contributed by atoms with van der Waals surface area (Å²) in [6, 6.07) is 5.09. The fourth-order valence-electron chi connectivity index (χ4n) is 5.27. The third kappa shape index (κ3) is 6.41. The normalized spacial score (nSPS) is 24.4. The van der Waals surface area contributed by atoms with Crippen molar-refractivity contribution >= 4 is 39.4 Å². The van der Waals surface area contributed by atoms with Crippen molar-refractivity contribution in [1.29, 1.82) is 0 Å². The molecule has 1 saturated heterocycles. The number of carbonyl (C=O) groups is 2. The molecule has 0 atom stereocenters. The van der Waals surface area contributed by atoms with Gasteiger partial charge in [0.25, 0.3) is 5.91 Å². The van der Waals surface area contributed by atoms with Crippen LogP contribution in [0.5, 0.6) is 5.75 Å². The predicted octanol–water partition coefficient (Wildman–Crippen LogP) is 3.92. The van der Waals surface area contributed by atoms with Gasteiger partial charge in [-0.3, -0.25) is 14.6 Å². The van der Waals surface area contributed by atoms with Crippen LogP contribution in [0.15, 0.2) is 28.6 Å².